The van der Waals surface area contributed by atoms with Crippen LogP contribution in [-0.2, 0) is 4.79 Å². The molecule has 25 heavy (non-hydrogen) atoms. The van der Waals surface area contributed by atoms with Gasteiger partial charge in [-0.25, -0.2) is 4.98 Å². The average molecular weight is 358 g/mol. The molecule has 0 radical (unpaired) electrons. The van der Waals surface area contributed by atoms with Crippen molar-refractivity contribution < 1.29 is 14.6 Å². The third kappa shape index (κ3) is 4.70. The lowest BCUT2D eigenvalue weighted by atomic mass is 10.1. The van der Waals surface area contributed by atoms with Gasteiger partial charge in [0, 0.05) is 17.4 Å². The van der Waals surface area contributed by atoms with Gasteiger partial charge in [0.15, 0.2) is 0 Å². The molecular formula is C20H20ClNO3. The summed E-state index contributed by atoms with van der Waals surface area (Å²) in [5.74, 6) is -0.0617. The maximum absolute atomic E-state index is 10.5. The zero-order chi connectivity index (χ0) is 16.9. The zero-order valence-corrected chi connectivity index (χ0v) is 14.8. The van der Waals surface area contributed by atoms with Crippen LogP contribution in [0.1, 0.15) is 18.4 Å². The Labute approximate surface area is 152 Å². The maximum atomic E-state index is 10.5. The number of carboxylic acids is 1. The summed E-state index contributed by atoms with van der Waals surface area (Å²) in [6.45, 7) is 2.49. The number of rotatable bonds is 6. The quantitative estimate of drug-likeness (QED) is 0.639. The van der Waals surface area contributed by atoms with Crippen molar-refractivity contribution in [3.63, 3.8) is 0 Å². The van der Waals surface area contributed by atoms with Crippen molar-refractivity contribution in [3.8, 4) is 17.0 Å². The molecule has 1 heterocycles. The van der Waals surface area contributed by atoms with E-state index in [0.29, 0.717) is 13.0 Å². The van der Waals surface area contributed by atoms with E-state index >= 15 is 0 Å². The standard InChI is InChI=1S/C20H19NO3.ClH/c1-14-13-19(21-18-6-3-2-5-17(14)18)15-8-10-16(11-9-15)24-12-4-7-20(22)23;/h2-3,5-6,8-11,13H,4,7,12H2,1H3,(H,22,23);1H. The number of fused-ring (bicyclic) bond motifs is 1. The normalized spacial score (nSPS) is 10.3. The fraction of sp³-hybridized carbons (Fsp3) is 0.200. The van der Waals surface area contributed by atoms with Gasteiger partial charge in [-0.3, -0.25) is 4.79 Å². The Kier molecular flexibility index (Phi) is 6.37. The van der Waals surface area contributed by atoms with Gasteiger partial charge in [-0.2, -0.15) is 0 Å². The van der Waals surface area contributed by atoms with Crippen LogP contribution in [0, 0.1) is 6.92 Å². The Morgan fingerprint density at radius 2 is 1.84 bits per heavy atom. The van der Waals surface area contributed by atoms with Crippen molar-refractivity contribution in [2.45, 2.75) is 19.8 Å². The zero-order valence-electron chi connectivity index (χ0n) is 13.9. The monoisotopic (exact) mass is 357 g/mol. The number of aliphatic carboxylic acids is 1. The smallest absolute Gasteiger partial charge is 0.303 e. The highest BCUT2D eigenvalue weighted by Crippen LogP contribution is 2.25. The SMILES string of the molecule is Cc1cc(-c2ccc(OCCCC(=O)O)cc2)nc2ccccc12.Cl. The van der Waals surface area contributed by atoms with E-state index in [1.807, 2.05) is 42.5 Å². The van der Waals surface area contributed by atoms with Gasteiger partial charge >= 0.3 is 5.97 Å². The molecule has 0 atom stereocenters. The van der Waals surface area contributed by atoms with Gasteiger partial charge in [0.25, 0.3) is 0 Å². The third-order valence-electron chi connectivity index (χ3n) is 3.88. The molecule has 0 saturated heterocycles. The second-order valence-electron chi connectivity index (χ2n) is 5.71. The van der Waals surface area contributed by atoms with Crippen molar-refractivity contribution >= 4 is 29.3 Å². The average Bonchev–Trinajstić information content (AvgIpc) is 2.59. The molecule has 1 N–H and O–H groups in total. The molecular weight excluding hydrogens is 338 g/mol. The minimum absolute atomic E-state index is 0. The summed E-state index contributed by atoms with van der Waals surface area (Å²) >= 11 is 0. The van der Waals surface area contributed by atoms with Crippen LogP contribution >= 0.6 is 12.4 Å². The molecule has 0 bridgehead atoms. The van der Waals surface area contributed by atoms with E-state index in [1.165, 1.54) is 10.9 Å². The van der Waals surface area contributed by atoms with E-state index in [0.717, 1.165) is 22.5 Å². The lowest BCUT2D eigenvalue weighted by Gasteiger charge is -2.08. The first-order valence-electron chi connectivity index (χ1n) is 7.95. The molecule has 4 nitrogen and oxygen atoms in total. The van der Waals surface area contributed by atoms with Crippen LogP contribution in [0.2, 0.25) is 0 Å². The molecule has 0 unspecified atom stereocenters. The number of carbonyl (C=O) groups is 1. The van der Waals surface area contributed by atoms with Crippen LogP contribution in [0.15, 0.2) is 54.6 Å². The van der Waals surface area contributed by atoms with Gasteiger partial charge in [-0.15, -0.1) is 12.4 Å². The number of nitrogens with zero attached hydrogens (tertiary/aromatic N) is 1. The predicted molar refractivity (Wildman–Crippen MR) is 102 cm³/mol. The topological polar surface area (TPSA) is 59.4 Å². The van der Waals surface area contributed by atoms with Crippen molar-refractivity contribution in [2.24, 2.45) is 0 Å². The first-order valence-corrected chi connectivity index (χ1v) is 7.95. The number of para-hydroxylation sites is 1. The molecule has 3 aromatic rings. The van der Waals surface area contributed by atoms with Crippen molar-refractivity contribution in [2.75, 3.05) is 6.61 Å². The molecule has 130 valence electrons. The first-order chi connectivity index (χ1) is 11.6. The Balaban J connectivity index is 0.00000225. The van der Waals surface area contributed by atoms with E-state index in [1.54, 1.807) is 0 Å². The van der Waals surface area contributed by atoms with Gasteiger partial charge in [0.1, 0.15) is 5.75 Å². The lowest BCUT2D eigenvalue weighted by molar-refractivity contribution is -0.137. The van der Waals surface area contributed by atoms with E-state index in [2.05, 4.69) is 19.1 Å². The van der Waals surface area contributed by atoms with Crippen LogP contribution < -0.4 is 4.74 Å². The van der Waals surface area contributed by atoms with Gasteiger partial charge < -0.3 is 9.84 Å². The summed E-state index contributed by atoms with van der Waals surface area (Å²) in [5, 5.41) is 9.77. The lowest BCUT2D eigenvalue weighted by Crippen LogP contribution is -2.01. The number of halogens is 1. The highest BCUT2D eigenvalue weighted by Gasteiger charge is 2.05. The molecule has 0 amide bonds. The van der Waals surface area contributed by atoms with Gasteiger partial charge in [-0.1, -0.05) is 18.2 Å². The first kappa shape index (κ1) is 18.7. The summed E-state index contributed by atoms with van der Waals surface area (Å²) < 4.78 is 5.56. The van der Waals surface area contributed by atoms with Gasteiger partial charge in [0.05, 0.1) is 17.8 Å². The number of carboxylic acid groups (broad SMARTS) is 1. The summed E-state index contributed by atoms with van der Waals surface area (Å²) in [7, 11) is 0. The molecule has 2 aromatic carbocycles. The third-order valence-corrected chi connectivity index (χ3v) is 3.88. The Morgan fingerprint density at radius 3 is 2.56 bits per heavy atom. The Bertz CT molecular complexity index is 862. The molecule has 1 aromatic heterocycles. The van der Waals surface area contributed by atoms with Crippen molar-refractivity contribution in [3.05, 3.63) is 60.2 Å². The summed E-state index contributed by atoms with van der Waals surface area (Å²) in [6.07, 6.45) is 0.626. The molecule has 0 spiro atoms. The van der Waals surface area contributed by atoms with Gasteiger partial charge in [0.2, 0.25) is 0 Å². The number of ether oxygens (including phenoxy) is 1. The van der Waals surface area contributed by atoms with Crippen LogP contribution in [0.3, 0.4) is 0 Å². The highest BCUT2D eigenvalue weighted by molar-refractivity contribution is 5.85. The Hall–Kier alpha value is -2.59. The van der Waals surface area contributed by atoms with Crippen LogP contribution in [-0.4, -0.2) is 22.7 Å². The molecule has 0 aliphatic carbocycles. The summed E-state index contributed by atoms with van der Waals surface area (Å²) in [6, 6.07) is 17.9. The van der Waals surface area contributed by atoms with E-state index in [9.17, 15) is 4.79 Å². The van der Waals surface area contributed by atoms with Crippen LogP contribution in [0.25, 0.3) is 22.2 Å². The number of benzene rings is 2. The summed E-state index contributed by atoms with van der Waals surface area (Å²) in [4.78, 5) is 15.2. The molecule has 5 heteroatoms. The van der Waals surface area contributed by atoms with E-state index in [4.69, 9.17) is 14.8 Å². The predicted octanol–water partition coefficient (Wildman–Crippen LogP) is 4.88. The molecule has 0 fully saturated rings. The maximum Gasteiger partial charge on any atom is 0.303 e. The fourth-order valence-electron chi connectivity index (χ4n) is 2.63. The van der Waals surface area contributed by atoms with E-state index < -0.39 is 5.97 Å². The highest BCUT2D eigenvalue weighted by atomic mass is 35.5. The summed E-state index contributed by atoms with van der Waals surface area (Å²) in [5.41, 5.74) is 4.15. The number of aryl methyl sites for hydroxylation is 1. The minimum Gasteiger partial charge on any atom is -0.494 e. The number of pyridine rings is 1. The van der Waals surface area contributed by atoms with Crippen molar-refractivity contribution in [1.82, 2.24) is 4.98 Å². The van der Waals surface area contributed by atoms with Crippen LogP contribution in [0.4, 0.5) is 0 Å². The largest absolute Gasteiger partial charge is 0.494 e. The second-order valence-corrected chi connectivity index (χ2v) is 5.71. The minimum atomic E-state index is -0.799. The molecule has 0 saturated carbocycles. The number of hydrogen-bond acceptors (Lipinski definition) is 3. The molecule has 0 aliphatic rings. The second kappa shape index (κ2) is 8.49. The molecule has 0 aliphatic heterocycles. The fourth-order valence-corrected chi connectivity index (χ4v) is 2.63. The number of aromatic nitrogens is 1. The van der Waals surface area contributed by atoms with Crippen molar-refractivity contribution in [1.29, 1.82) is 0 Å². The molecule has 3 rings (SSSR count). The van der Waals surface area contributed by atoms with Gasteiger partial charge in [-0.05, 0) is 55.3 Å². The number of hydrogen-bond donors (Lipinski definition) is 1. The Morgan fingerprint density at radius 1 is 1.12 bits per heavy atom. The van der Waals surface area contributed by atoms with E-state index in [-0.39, 0.29) is 18.8 Å². The van der Waals surface area contributed by atoms with Crippen LogP contribution in [0.5, 0.6) is 5.75 Å².